The molecule has 0 bridgehead atoms. The molecule has 0 aromatic carbocycles. The van der Waals surface area contributed by atoms with Crippen LogP contribution >= 0.6 is 27.3 Å². The number of nitrogen functional groups attached to an aromatic ring is 1. The molecule has 0 fully saturated rings. The third-order valence-electron chi connectivity index (χ3n) is 2.67. The molecule has 3 N–H and O–H groups in total. The Bertz CT molecular complexity index is 532. The largest absolute Gasteiger partial charge is 0.394 e. The van der Waals surface area contributed by atoms with Gasteiger partial charge in [0.1, 0.15) is 5.82 Å². The van der Waals surface area contributed by atoms with Crippen molar-refractivity contribution in [3.8, 4) is 0 Å². The van der Waals surface area contributed by atoms with Crippen LogP contribution in [0.25, 0.3) is 0 Å². The summed E-state index contributed by atoms with van der Waals surface area (Å²) in [4.78, 5) is 1.27. The maximum atomic E-state index is 6.05. The van der Waals surface area contributed by atoms with E-state index in [4.69, 9.17) is 5.73 Å². The van der Waals surface area contributed by atoms with Crippen LogP contribution < -0.4 is 11.1 Å². The van der Waals surface area contributed by atoms with Gasteiger partial charge < -0.3 is 11.1 Å². The SMILES string of the molecule is CCCn1nc(C)c(N)c1NCc1ccc(Br)s1. The van der Waals surface area contributed by atoms with E-state index in [0.29, 0.717) is 0 Å². The number of anilines is 2. The molecule has 0 unspecified atom stereocenters. The zero-order valence-corrected chi connectivity index (χ0v) is 12.9. The van der Waals surface area contributed by atoms with Crippen molar-refractivity contribution < 1.29 is 0 Å². The Hall–Kier alpha value is -1.01. The molecule has 0 aliphatic heterocycles. The number of rotatable bonds is 5. The second-order valence-electron chi connectivity index (χ2n) is 4.13. The lowest BCUT2D eigenvalue weighted by Gasteiger charge is -2.09. The van der Waals surface area contributed by atoms with E-state index in [0.717, 1.165) is 40.5 Å². The third kappa shape index (κ3) is 2.87. The van der Waals surface area contributed by atoms with Gasteiger partial charge in [-0.2, -0.15) is 5.10 Å². The molecule has 0 saturated heterocycles. The highest BCUT2D eigenvalue weighted by molar-refractivity contribution is 9.11. The van der Waals surface area contributed by atoms with Crippen LogP contribution in [0.5, 0.6) is 0 Å². The molecule has 98 valence electrons. The number of hydrogen-bond donors (Lipinski definition) is 2. The zero-order valence-electron chi connectivity index (χ0n) is 10.5. The van der Waals surface area contributed by atoms with Crippen molar-refractivity contribution in [2.45, 2.75) is 33.4 Å². The maximum Gasteiger partial charge on any atom is 0.148 e. The highest BCUT2D eigenvalue weighted by atomic mass is 79.9. The Kier molecular flexibility index (Phi) is 4.29. The fraction of sp³-hybridized carbons (Fsp3) is 0.417. The lowest BCUT2D eigenvalue weighted by Crippen LogP contribution is -2.08. The molecule has 0 atom stereocenters. The lowest BCUT2D eigenvalue weighted by molar-refractivity contribution is 0.603. The Labute approximate surface area is 119 Å². The van der Waals surface area contributed by atoms with E-state index in [1.54, 1.807) is 11.3 Å². The average molecular weight is 329 g/mol. The normalized spacial score (nSPS) is 10.8. The van der Waals surface area contributed by atoms with Crippen molar-refractivity contribution in [2.75, 3.05) is 11.1 Å². The smallest absolute Gasteiger partial charge is 0.148 e. The third-order valence-corrected chi connectivity index (χ3v) is 4.29. The van der Waals surface area contributed by atoms with Gasteiger partial charge in [-0.25, -0.2) is 4.68 Å². The van der Waals surface area contributed by atoms with E-state index in [1.807, 2.05) is 11.6 Å². The van der Waals surface area contributed by atoms with E-state index in [2.05, 4.69) is 45.4 Å². The number of nitrogens with one attached hydrogen (secondary N) is 1. The monoisotopic (exact) mass is 328 g/mol. The lowest BCUT2D eigenvalue weighted by atomic mass is 10.3. The molecule has 6 heteroatoms. The molecule has 2 aromatic heterocycles. The van der Waals surface area contributed by atoms with Gasteiger partial charge in [0.25, 0.3) is 0 Å². The van der Waals surface area contributed by atoms with Crippen molar-refractivity contribution in [1.29, 1.82) is 0 Å². The first kappa shape index (κ1) is 13.4. The van der Waals surface area contributed by atoms with Crippen LogP contribution in [-0.2, 0) is 13.1 Å². The molecule has 2 heterocycles. The number of nitrogens with zero attached hydrogens (tertiary/aromatic N) is 2. The highest BCUT2D eigenvalue weighted by Gasteiger charge is 2.11. The number of aryl methyl sites for hydroxylation is 2. The van der Waals surface area contributed by atoms with Gasteiger partial charge >= 0.3 is 0 Å². The Balaban J connectivity index is 2.12. The summed E-state index contributed by atoms with van der Waals surface area (Å²) in [5.74, 6) is 0.930. The summed E-state index contributed by atoms with van der Waals surface area (Å²) in [5, 5.41) is 7.82. The van der Waals surface area contributed by atoms with Gasteiger partial charge in [-0.15, -0.1) is 11.3 Å². The molecule has 2 aromatic rings. The van der Waals surface area contributed by atoms with E-state index >= 15 is 0 Å². The topological polar surface area (TPSA) is 55.9 Å². The van der Waals surface area contributed by atoms with Crippen LogP contribution in [0.3, 0.4) is 0 Å². The molecule has 0 radical (unpaired) electrons. The highest BCUT2D eigenvalue weighted by Crippen LogP contribution is 2.26. The van der Waals surface area contributed by atoms with Gasteiger partial charge in [0, 0.05) is 11.4 Å². The summed E-state index contributed by atoms with van der Waals surface area (Å²) in [6, 6.07) is 4.16. The standard InChI is InChI=1S/C12H17BrN4S/c1-3-6-17-12(11(14)8(2)16-17)15-7-9-4-5-10(13)18-9/h4-5,15H,3,6-7,14H2,1-2H3. The Morgan fingerprint density at radius 2 is 2.28 bits per heavy atom. The number of aromatic nitrogens is 2. The summed E-state index contributed by atoms with van der Waals surface area (Å²) >= 11 is 5.19. The van der Waals surface area contributed by atoms with E-state index < -0.39 is 0 Å². The minimum absolute atomic E-state index is 0.749. The van der Waals surface area contributed by atoms with Gasteiger partial charge in [-0.3, -0.25) is 0 Å². The Morgan fingerprint density at radius 1 is 1.50 bits per heavy atom. The van der Waals surface area contributed by atoms with Crippen molar-refractivity contribution in [3.63, 3.8) is 0 Å². The second-order valence-corrected chi connectivity index (χ2v) is 6.68. The number of halogens is 1. The number of nitrogens with two attached hydrogens (primary N) is 1. The predicted octanol–water partition coefficient (Wildman–Crippen LogP) is 3.62. The Morgan fingerprint density at radius 3 is 2.89 bits per heavy atom. The van der Waals surface area contributed by atoms with Crippen LogP contribution in [0.2, 0.25) is 0 Å². The van der Waals surface area contributed by atoms with Crippen LogP contribution in [0.4, 0.5) is 11.5 Å². The fourth-order valence-electron chi connectivity index (χ4n) is 1.77. The molecular weight excluding hydrogens is 312 g/mol. The molecule has 2 rings (SSSR count). The first-order valence-corrected chi connectivity index (χ1v) is 7.53. The van der Waals surface area contributed by atoms with Crippen LogP contribution in [0, 0.1) is 6.92 Å². The van der Waals surface area contributed by atoms with E-state index in [-0.39, 0.29) is 0 Å². The number of hydrogen-bond acceptors (Lipinski definition) is 4. The zero-order chi connectivity index (χ0) is 13.1. The van der Waals surface area contributed by atoms with Gasteiger partial charge in [-0.05, 0) is 41.4 Å². The quantitative estimate of drug-likeness (QED) is 0.881. The van der Waals surface area contributed by atoms with Crippen molar-refractivity contribution in [2.24, 2.45) is 0 Å². The molecular formula is C12H17BrN4S. The van der Waals surface area contributed by atoms with Crippen LogP contribution in [0.1, 0.15) is 23.9 Å². The molecule has 0 saturated carbocycles. The molecule has 4 nitrogen and oxygen atoms in total. The average Bonchev–Trinajstić information content (AvgIpc) is 2.84. The summed E-state index contributed by atoms with van der Waals surface area (Å²) in [5.41, 5.74) is 7.69. The summed E-state index contributed by atoms with van der Waals surface area (Å²) < 4.78 is 3.10. The maximum absolute atomic E-state index is 6.05. The number of thiophene rings is 1. The first-order chi connectivity index (χ1) is 8.61. The molecule has 0 amide bonds. The van der Waals surface area contributed by atoms with Crippen molar-refractivity contribution in [3.05, 3.63) is 26.5 Å². The molecule has 0 spiro atoms. The predicted molar refractivity (Wildman–Crippen MR) is 81.0 cm³/mol. The second kappa shape index (κ2) is 5.75. The molecule has 0 aliphatic carbocycles. The minimum atomic E-state index is 0.749. The van der Waals surface area contributed by atoms with Gasteiger partial charge in [-0.1, -0.05) is 6.92 Å². The van der Waals surface area contributed by atoms with Crippen LogP contribution in [0.15, 0.2) is 15.9 Å². The van der Waals surface area contributed by atoms with Gasteiger partial charge in [0.15, 0.2) is 0 Å². The summed E-state index contributed by atoms with van der Waals surface area (Å²) in [7, 11) is 0. The first-order valence-electron chi connectivity index (χ1n) is 5.92. The van der Waals surface area contributed by atoms with E-state index in [1.165, 1.54) is 4.88 Å². The van der Waals surface area contributed by atoms with Gasteiger partial charge in [0.2, 0.25) is 0 Å². The molecule has 18 heavy (non-hydrogen) atoms. The minimum Gasteiger partial charge on any atom is -0.394 e. The van der Waals surface area contributed by atoms with Crippen molar-refractivity contribution in [1.82, 2.24) is 9.78 Å². The summed E-state index contributed by atoms with van der Waals surface area (Å²) in [6.45, 7) is 5.73. The van der Waals surface area contributed by atoms with Crippen molar-refractivity contribution >= 4 is 38.8 Å². The molecule has 0 aliphatic rings. The van der Waals surface area contributed by atoms with Gasteiger partial charge in [0.05, 0.1) is 21.7 Å². The van der Waals surface area contributed by atoms with E-state index in [9.17, 15) is 0 Å². The van der Waals surface area contributed by atoms with Crippen LogP contribution in [-0.4, -0.2) is 9.78 Å². The summed E-state index contributed by atoms with van der Waals surface area (Å²) in [6.07, 6.45) is 1.04. The fourth-order valence-corrected chi connectivity index (χ4v) is 3.20.